The Kier molecular flexibility index (Phi) is 5.83. The maximum Gasteiger partial charge on any atom is 0.133 e. The fourth-order valence-corrected chi connectivity index (χ4v) is 3.10. The molecule has 112 valence electrons. The Morgan fingerprint density at radius 1 is 1.14 bits per heavy atom. The number of nitrogens with one attached hydrogen (secondary N) is 1. The van der Waals surface area contributed by atoms with Gasteiger partial charge in [-0.2, -0.15) is 0 Å². The van der Waals surface area contributed by atoms with Crippen LogP contribution in [0.4, 0.5) is 0 Å². The van der Waals surface area contributed by atoms with Crippen LogP contribution in [0.2, 0.25) is 0 Å². The first-order chi connectivity index (χ1) is 10.1. The molecule has 0 heterocycles. The van der Waals surface area contributed by atoms with E-state index in [4.69, 9.17) is 4.74 Å². The van der Waals surface area contributed by atoms with Crippen molar-refractivity contribution >= 4 is 15.9 Å². The average Bonchev–Trinajstić information content (AvgIpc) is 2.48. The number of likely N-dealkylation sites (N-methyl/N-ethyl adjacent to an activating group) is 1. The number of aryl methyl sites for hydroxylation is 1. The molecule has 2 aromatic carbocycles. The molecule has 0 radical (unpaired) electrons. The monoisotopic (exact) mass is 347 g/mol. The van der Waals surface area contributed by atoms with Crippen molar-refractivity contribution in [1.82, 2.24) is 5.32 Å². The molecular weight excluding hydrogens is 326 g/mol. The summed E-state index contributed by atoms with van der Waals surface area (Å²) in [5, 5.41) is 3.30. The quantitative estimate of drug-likeness (QED) is 0.840. The van der Waals surface area contributed by atoms with Crippen LogP contribution in [-0.2, 0) is 6.42 Å². The molecule has 0 bridgehead atoms. The van der Waals surface area contributed by atoms with Crippen LogP contribution >= 0.6 is 15.9 Å². The predicted molar refractivity (Wildman–Crippen MR) is 92.2 cm³/mol. The van der Waals surface area contributed by atoms with E-state index in [0.29, 0.717) is 5.92 Å². The molecule has 0 aliphatic carbocycles. The van der Waals surface area contributed by atoms with Gasteiger partial charge in [0.1, 0.15) is 5.75 Å². The third-order valence-corrected chi connectivity index (χ3v) is 4.32. The standard InChI is InChI=1S/C18H22BrNO/c1-13-4-7-15(8-5-13)16(12-20-2)10-14-6-9-18(21-3)17(19)11-14/h4-9,11,16,20H,10,12H2,1-3H3. The lowest BCUT2D eigenvalue weighted by Crippen LogP contribution is -2.19. The van der Waals surface area contributed by atoms with Gasteiger partial charge in [-0.3, -0.25) is 0 Å². The molecule has 0 fully saturated rings. The van der Waals surface area contributed by atoms with E-state index in [1.807, 2.05) is 13.1 Å². The van der Waals surface area contributed by atoms with Crippen LogP contribution in [0.3, 0.4) is 0 Å². The molecule has 0 saturated carbocycles. The molecule has 0 aliphatic heterocycles. The first kappa shape index (κ1) is 16.1. The van der Waals surface area contributed by atoms with Gasteiger partial charge in [0, 0.05) is 12.5 Å². The highest BCUT2D eigenvalue weighted by Gasteiger charge is 2.12. The van der Waals surface area contributed by atoms with Gasteiger partial charge in [-0.05, 0) is 59.6 Å². The number of ether oxygens (including phenoxy) is 1. The van der Waals surface area contributed by atoms with Crippen molar-refractivity contribution in [2.75, 3.05) is 20.7 Å². The van der Waals surface area contributed by atoms with Gasteiger partial charge in [-0.1, -0.05) is 35.9 Å². The van der Waals surface area contributed by atoms with Gasteiger partial charge >= 0.3 is 0 Å². The van der Waals surface area contributed by atoms with Crippen molar-refractivity contribution < 1.29 is 4.74 Å². The van der Waals surface area contributed by atoms with Crippen molar-refractivity contribution in [3.63, 3.8) is 0 Å². The van der Waals surface area contributed by atoms with Gasteiger partial charge in [-0.25, -0.2) is 0 Å². The Labute approximate surface area is 135 Å². The molecule has 3 heteroatoms. The minimum absolute atomic E-state index is 0.468. The smallest absolute Gasteiger partial charge is 0.133 e. The summed E-state index contributed by atoms with van der Waals surface area (Å²) in [7, 11) is 3.70. The van der Waals surface area contributed by atoms with E-state index in [2.05, 4.69) is 64.6 Å². The number of rotatable bonds is 6. The minimum Gasteiger partial charge on any atom is -0.496 e. The molecule has 0 aromatic heterocycles. The molecule has 1 unspecified atom stereocenters. The SMILES string of the molecule is CNCC(Cc1ccc(OC)c(Br)c1)c1ccc(C)cc1. The molecule has 0 aliphatic rings. The van der Waals surface area contributed by atoms with Crippen molar-refractivity contribution in [3.05, 3.63) is 63.6 Å². The molecule has 2 rings (SSSR count). The summed E-state index contributed by atoms with van der Waals surface area (Å²) < 4.78 is 6.30. The number of hydrogen-bond donors (Lipinski definition) is 1. The summed E-state index contributed by atoms with van der Waals surface area (Å²) in [6, 6.07) is 15.1. The summed E-state index contributed by atoms with van der Waals surface area (Å²) in [6.07, 6.45) is 1.01. The summed E-state index contributed by atoms with van der Waals surface area (Å²) >= 11 is 3.56. The van der Waals surface area contributed by atoms with Crippen molar-refractivity contribution in [2.45, 2.75) is 19.3 Å². The summed E-state index contributed by atoms with van der Waals surface area (Å²) in [4.78, 5) is 0. The second-order valence-electron chi connectivity index (χ2n) is 5.34. The molecule has 2 nitrogen and oxygen atoms in total. The van der Waals surface area contributed by atoms with Crippen LogP contribution in [0.5, 0.6) is 5.75 Å². The predicted octanol–water partition coefficient (Wildman–Crippen LogP) is 4.31. The van der Waals surface area contributed by atoms with E-state index < -0.39 is 0 Å². The molecular formula is C18H22BrNO. The van der Waals surface area contributed by atoms with Crippen LogP contribution in [0.25, 0.3) is 0 Å². The number of hydrogen-bond acceptors (Lipinski definition) is 2. The molecule has 2 aromatic rings. The summed E-state index contributed by atoms with van der Waals surface area (Å²) in [5.41, 5.74) is 3.99. The van der Waals surface area contributed by atoms with Gasteiger partial charge < -0.3 is 10.1 Å². The first-order valence-electron chi connectivity index (χ1n) is 7.17. The fourth-order valence-electron chi connectivity index (χ4n) is 2.51. The minimum atomic E-state index is 0.468. The van der Waals surface area contributed by atoms with E-state index in [1.54, 1.807) is 7.11 Å². The lowest BCUT2D eigenvalue weighted by molar-refractivity contribution is 0.412. The fraction of sp³-hybridized carbons (Fsp3) is 0.333. The van der Waals surface area contributed by atoms with Crippen LogP contribution in [0.1, 0.15) is 22.6 Å². The van der Waals surface area contributed by atoms with Gasteiger partial charge in [0.25, 0.3) is 0 Å². The van der Waals surface area contributed by atoms with Crippen molar-refractivity contribution in [3.8, 4) is 5.75 Å². The van der Waals surface area contributed by atoms with Gasteiger partial charge in [0.05, 0.1) is 11.6 Å². The Balaban J connectivity index is 2.19. The third kappa shape index (κ3) is 4.32. The lowest BCUT2D eigenvalue weighted by Gasteiger charge is -2.18. The number of benzene rings is 2. The lowest BCUT2D eigenvalue weighted by atomic mass is 9.91. The molecule has 1 atom stereocenters. The Morgan fingerprint density at radius 3 is 2.43 bits per heavy atom. The van der Waals surface area contributed by atoms with Gasteiger partial charge in [0.2, 0.25) is 0 Å². The molecule has 21 heavy (non-hydrogen) atoms. The van der Waals surface area contributed by atoms with Crippen molar-refractivity contribution in [1.29, 1.82) is 0 Å². The molecule has 0 amide bonds. The van der Waals surface area contributed by atoms with Crippen LogP contribution in [0.15, 0.2) is 46.9 Å². The topological polar surface area (TPSA) is 21.3 Å². The molecule has 1 N–H and O–H groups in total. The Hall–Kier alpha value is -1.32. The maximum atomic E-state index is 5.29. The maximum absolute atomic E-state index is 5.29. The van der Waals surface area contributed by atoms with E-state index >= 15 is 0 Å². The van der Waals surface area contributed by atoms with E-state index in [9.17, 15) is 0 Å². The van der Waals surface area contributed by atoms with Crippen LogP contribution < -0.4 is 10.1 Å². The second-order valence-corrected chi connectivity index (χ2v) is 6.19. The van der Waals surface area contributed by atoms with Crippen LogP contribution in [-0.4, -0.2) is 20.7 Å². The summed E-state index contributed by atoms with van der Waals surface area (Å²) in [6.45, 7) is 3.09. The average molecular weight is 348 g/mol. The molecule has 0 saturated heterocycles. The van der Waals surface area contributed by atoms with E-state index in [1.165, 1.54) is 16.7 Å². The zero-order valence-corrected chi connectivity index (χ0v) is 14.4. The van der Waals surface area contributed by atoms with E-state index in [-0.39, 0.29) is 0 Å². The third-order valence-electron chi connectivity index (χ3n) is 3.70. The molecule has 0 spiro atoms. The first-order valence-corrected chi connectivity index (χ1v) is 7.97. The van der Waals surface area contributed by atoms with Crippen molar-refractivity contribution in [2.24, 2.45) is 0 Å². The Bertz CT molecular complexity index is 580. The highest BCUT2D eigenvalue weighted by Crippen LogP contribution is 2.28. The van der Waals surface area contributed by atoms with Gasteiger partial charge in [-0.15, -0.1) is 0 Å². The number of halogens is 1. The van der Waals surface area contributed by atoms with Crippen LogP contribution in [0, 0.1) is 6.92 Å². The highest BCUT2D eigenvalue weighted by molar-refractivity contribution is 9.10. The zero-order chi connectivity index (χ0) is 15.2. The Morgan fingerprint density at radius 2 is 1.86 bits per heavy atom. The highest BCUT2D eigenvalue weighted by atomic mass is 79.9. The van der Waals surface area contributed by atoms with E-state index in [0.717, 1.165) is 23.2 Å². The normalized spacial score (nSPS) is 12.2. The zero-order valence-electron chi connectivity index (χ0n) is 12.8. The number of methoxy groups -OCH3 is 1. The largest absolute Gasteiger partial charge is 0.496 e. The summed E-state index contributed by atoms with van der Waals surface area (Å²) in [5.74, 6) is 1.34. The second kappa shape index (κ2) is 7.62. The van der Waals surface area contributed by atoms with Gasteiger partial charge in [0.15, 0.2) is 0 Å².